The van der Waals surface area contributed by atoms with Crippen molar-refractivity contribution in [2.24, 2.45) is 0 Å². The lowest BCUT2D eigenvalue weighted by molar-refractivity contribution is -0.190. The van der Waals surface area contributed by atoms with Gasteiger partial charge in [0.05, 0.1) is 7.11 Å². The van der Waals surface area contributed by atoms with E-state index in [0.717, 1.165) is 27.7 Å². The largest absolute Gasteiger partial charge is 0.497 e. The molecule has 1 N–H and O–H groups in total. The minimum atomic E-state index is -1.72. The lowest BCUT2D eigenvalue weighted by atomic mass is 10.1. The Morgan fingerprint density at radius 3 is 1.81 bits per heavy atom. The third-order valence-corrected chi connectivity index (χ3v) is 3.64. The molecule has 0 saturated heterocycles. The van der Waals surface area contributed by atoms with E-state index in [-0.39, 0.29) is 0 Å². The molecule has 0 aliphatic carbocycles. The van der Waals surface area contributed by atoms with Gasteiger partial charge in [0.15, 0.2) is 12.2 Å². The molecule has 0 spiro atoms. The maximum atomic E-state index is 12.9. The molecule has 0 fully saturated rings. The Labute approximate surface area is 178 Å². The zero-order valence-corrected chi connectivity index (χ0v) is 17.8. The van der Waals surface area contributed by atoms with Crippen molar-refractivity contribution in [2.45, 2.75) is 46.0 Å². The molecule has 31 heavy (non-hydrogen) atoms. The van der Waals surface area contributed by atoms with Crippen LogP contribution in [-0.4, -0.2) is 61.8 Å². The number of methoxy groups -OCH3 is 1. The van der Waals surface area contributed by atoms with Crippen molar-refractivity contribution < 1.29 is 47.7 Å². The molecule has 0 heterocycles. The molecule has 0 aromatic heterocycles. The van der Waals surface area contributed by atoms with Crippen LogP contribution in [0.5, 0.6) is 5.75 Å². The molecule has 170 valence electrons. The molecular formula is C20H25NO10. The van der Waals surface area contributed by atoms with Crippen LogP contribution >= 0.6 is 0 Å². The molecule has 0 unspecified atom stereocenters. The van der Waals surface area contributed by atoms with E-state index < -0.39 is 54.7 Å². The first-order valence-electron chi connectivity index (χ1n) is 9.13. The summed E-state index contributed by atoms with van der Waals surface area (Å²) in [5.41, 5.74) is 0.327. The molecule has 1 amide bonds. The second-order valence-electron chi connectivity index (χ2n) is 6.27. The minimum absolute atomic E-state index is 0.327. The van der Waals surface area contributed by atoms with E-state index >= 15 is 0 Å². The molecule has 1 aromatic rings. The summed E-state index contributed by atoms with van der Waals surface area (Å²) in [6, 6.07) is 6.24. The molecule has 11 heteroatoms. The maximum Gasteiger partial charge on any atom is 0.303 e. The standard InChI is InChI=1S/C20H25NO10/c1-11(22)28-10-17(29-12(2)23)18(30-13(3)24)19(31-14(4)25)20(26)21-15-6-8-16(27-5)9-7-15/h6-9,17-19H,10H2,1-5H3,(H,21,26)/t17-,18-,19-/m1/s1. The first-order chi connectivity index (χ1) is 14.5. The van der Waals surface area contributed by atoms with Crippen LogP contribution in [0.3, 0.4) is 0 Å². The maximum absolute atomic E-state index is 12.9. The number of carbonyl (C=O) groups is 5. The monoisotopic (exact) mass is 439 g/mol. The normalized spacial score (nSPS) is 13.1. The molecule has 0 radical (unpaired) electrons. The molecule has 0 aliphatic rings. The van der Waals surface area contributed by atoms with Gasteiger partial charge in [-0.15, -0.1) is 0 Å². The number of carbonyl (C=O) groups excluding carboxylic acids is 5. The van der Waals surface area contributed by atoms with Crippen molar-refractivity contribution in [2.75, 3.05) is 19.0 Å². The number of hydrogen-bond donors (Lipinski definition) is 1. The topological polar surface area (TPSA) is 144 Å². The summed E-state index contributed by atoms with van der Waals surface area (Å²) < 4.78 is 25.2. The summed E-state index contributed by atoms with van der Waals surface area (Å²) in [4.78, 5) is 58.9. The Kier molecular flexibility index (Phi) is 9.96. The van der Waals surface area contributed by atoms with Gasteiger partial charge in [0.2, 0.25) is 6.10 Å². The first-order valence-corrected chi connectivity index (χ1v) is 9.13. The summed E-state index contributed by atoms with van der Waals surface area (Å²) in [7, 11) is 1.48. The van der Waals surface area contributed by atoms with Gasteiger partial charge in [-0.05, 0) is 24.3 Å². The molecule has 3 atom stereocenters. The number of hydrogen-bond acceptors (Lipinski definition) is 10. The van der Waals surface area contributed by atoms with Gasteiger partial charge in [0.1, 0.15) is 12.4 Å². The number of esters is 4. The van der Waals surface area contributed by atoms with Gasteiger partial charge in [-0.3, -0.25) is 24.0 Å². The predicted octanol–water partition coefficient (Wildman–Crippen LogP) is 0.992. The van der Waals surface area contributed by atoms with E-state index in [4.69, 9.17) is 23.7 Å². The summed E-state index contributed by atoms with van der Waals surface area (Å²) in [5, 5.41) is 2.51. The number of benzene rings is 1. The van der Waals surface area contributed by atoms with Crippen molar-refractivity contribution in [1.82, 2.24) is 0 Å². The lowest BCUT2D eigenvalue weighted by Gasteiger charge is -2.30. The van der Waals surface area contributed by atoms with Crippen LogP contribution in [0, 0.1) is 0 Å². The van der Waals surface area contributed by atoms with Crippen molar-refractivity contribution in [3.63, 3.8) is 0 Å². The van der Waals surface area contributed by atoms with Crippen LogP contribution in [0.2, 0.25) is 0 Å². The number of rotatable bonds is 10. The molecule has 1 aromatic carbocycles. The Bertz CT molecular complexity index is 805. The molecule has 0 bridgehead atoms. The highest BCUT2D eigenvalue weighted by molar-refractivity contribution is 5.96. The molecule has 11 nitrogen and oxygen atoms in total. The molecular weight excluding hydrogens is 414 g/mol. The molecule has 0 saturated carbocycles. The summed E-state index contributed by atoms with van der Waals surface area (Å²) >= 11 is 0. The second-order valence-corrected chi connectivity index (χ2v) is 6.27. The van der Waals surface area contributed by atoms with Crippen LogP contribution in [0.15, 0.2) is 24.3 Å². The van der Waals surface area contributed by atoms with Crippen LogP contribution in [0.4, 0.5) is 5.69 Å². The van der Waals surface area contributed by atoms with Crippen molar-refractivity contribution in [3.8, 4) is 5.75 Å². The van der Waals surface area contributed by atoms with Gasteiger partial charge in [0, 0.05) is 33.4 Å². The van der Waals surface area contributed by atoms with Crippen molar-refractivity contribution in [1.29, 1.82) is 0 Å². The third-order valence-electron chi connectivity index (χ3n) is 3.64. The fourth-order valence-electron chi connectivity index (χ4n) is 2.47. The van der Waals surface area contributed by atoms with E-state index in [9.17, 15) is 24.0 Å². The molecule has 1 rings (SSSR count). The van der Waals surface area contributed by atoms with E-state index in [1.165, 1.54) is 19.2 Å². The highest BCUT2D eigenvalue weighted by atomic mass is 16.6. The number of ether oxygens (including phenoxy) is 5. The van der Waals surface area contributed by atoms with Crippen molar-refractivity contribution >= 4 is 35.5 Å². The summed E-state index contributed by atoms with van der Waals surface area (Å²) in [6.07, 6.45) is -4.73. The fourth-order valence-corrected chi connectivity index (χ4v) is 2.47. The number of anilines is 1. The third kappa shape index (κ3) is 9.15. The summed E-state index contributed by atoms with van der Waals surface area (Å²) in [6.45, 7) is 3.75. The van der Waals surface area contributed by atoms with Crippen LogP contribution in [-0.2, 0) is 42.9 Å². The smallest absolute Gasteiger partial charge is 0.303 e. The zero-order valence-electron chi connectivity index (χ0n) is 17.8. The highest BCUT2D eigenvalue weighted by Gasteiger charge is 2.42. The minimum Gasteiger partial charge on any atom is -0.497 e. The first kappa shape index (κ1) is 25.4. The average molecular weight is 439 g/mol. The lowest BCUT2D eigenvalue weighted by Crippen LogP contribution is -2.52. The Hall–Kier alpha value is -3.63. The Morgan fingerprint density at radius 1 is 0.806 bits per heavy atom. The van der Waals surface area contributed by atoms with Crippen LogP contribution < -0.4 is 10.1 Å². The highest BCUT2D eigenvalue weighted by Crippen LogP contribution is 2.19. The Balaban J connectivity index is 3.25. The average Bonchev–Trinajstić information content (AvgIpc) is 2.67. The fraction of sp³-hybridized carbons (Fsp3) is 0.450. The number of nitrogens with one attached hydrogen (secondary N) is 1. The van der Waals surface area contributed by atoms with Gasteiger partial charge in [-0.2, -0.15) is 0 Å². The molecule has 0 aliphatic heterocycles. The SMILES string of the molecule is COc1ccc(NC(=O)[C@H](OC(C)=O)[C@H](OC(C)=O)[C@@H](COC(C)=O)OC(C)=O)cc1. The van der Waals surface area contributed by atoms with Gasteiger partial charge in [-0.25, -0.2) is 0 Å². The second kappa shape index (κ2) is 12.2. The number of amides is 1. The zero-order chi connectivity index (χ0) is 23.6. The van der Waals surface area contributed by atoms with Gasteiger partial charge >= 0.3 is 23.9 Å². The van der Waals surface area contributed by atoms with Crippen LogP contribution in [0.1, 0.15) is 27.7 Å². The van der Waals surface area contributed by atoms with Gasteiger partial charge in [0.25, 0.3) is 5.91 Å². The van der Waals surface area contributed by atoms with Crippen molar-refractivity contribution in [3.05, 3.63) is 24.3 Å². The predicted molar refractivity (Wildman–Crippen MR) is 105 cm³/mol. The van der Waals surface area contributed by atoms with E-state index in [0.29, 0.717) is 11.4 Å². The van der Waals surface area contributed by atoms with E-state index in [2.05, 4.69) is 5.32 Å². The summed E-state index contributed by atoms with van der Waals surface area (Å²) in [5.74, 6) is -3.53. The van der Waals surface area contributed by atoms with Crippen LogP contribution in [0.25, 0.3) is 0 Å². The van der Waals surface area contributed by atoms with Gasteiger partial charge in [-0.1, -0.05) is 0 Å². The van der Waals surface area contributed by atoms with E-state index in [1.54, 1.807) is 12.1 Å². The van der Waals surface area contributed by atoms with E-state index in [1.807, 2.05) is 0 Å². The van der Waals surface area contributed by atoms with Gasteiger partial charge < -0.3 is 29.0 Å². The quantitative estimate of drug-likeness (QED) is 0.414. The Morgan fingerprint density at radius 2 is 1.35 bits per heavy atom.